The number of rotatable bonds is 5. The van der Waals surface area contributed by atoms with E-state index >= 15 is 0 Å². The minimum absolute atomic E-state index is 0.340. The second kappa shape index (κ2) is 6.56. The fourth-order valence-corrected chi connectivity index (χ4v) is 1.78. The van der Waals surface area contributed by atoms with Gasteiger partial charge in [-0.05, 0) is 60.5 Å². The van der Waals surface area contributed by atoms with E-state index in [9.17, 15) is 13.2 Å². The number of halogens is 3. The standard InChI is InChI=1S/C16H25BF3NO3/c1-9-12(17-23-13(3,4)14(5,6)24-17)10-21-11(2)22-15(7,8)16(18,19)20/h9-10H,2H2,1,3-8H3/b12-9+,21-10-. The Labute approximate surface area is 141 Å². The summed E-state index contributed by atoms with van der Waals surface area (Å²) in [5, 5.41) is 0. The van der Waals surface area contributed by atoms with E-state index in [1.807, 2.05) is 27.7 Å². The van der Waals surface area contributed by atoms with Crippen LogP contribution in [0.25, 0.3) is 0 Å². The zero-order valence-corrected chi connectivity index (χ0v) is 15.2. The Hall–Kier alpha value is -1.28. The third kappa shape index (κ3) is 4.42. The first kappa shape index (κ1) is 20.8. The molecule has 1 aliphatic rings. The average Bonchev–Trinajstić information content (AvgIpc) is 2.56. The lowest BCUT2D eigenvalue weighted by Crippen LogP contribution is -2.41. The van der Waals surface area contributed by atoms with Crippen LogP contribution in [0.2, 0.25) is 0 Å². The van der Waals surface area contributed by atoms with Crippen molar-refractivity contribution < 1.29 is 27.2 Å². The highest BCUT2D eigenvalue weighted by atomic mass is 19.4. The Balaban J connectivity index is 2.81. The number of hydrogen-bond acceptors (Lipinski definition) is 4. The Morgan fingerprint density at radius 1 is 1.12 bits per heavy atom. The lowest BCUT2D eigenvalue weighted by atomic mass is 9.79. The van der Waals surface area contributed by atoms with Gasteiger partial charge in [0.25, 0.3) is 0 Å². The molecule has 4 nitrogen and oxygen atoms in total. The van der Waals surface area contributed by atoms with Gasteiger partial charge < -0.3 is 14.0 Å². The largest absolute Gasteiger partial charge is 0.496 e. The van der Waals surface area contributed by atoms with Gasteiger partial charge in [-0.1, -0.05) is 6.08 Å². The van der Waals surface area contributed by atoms with E-state index in [0.29, 0.717) is 5.47 Å². The van der Waals surface area contributed by atoms with Crippen LogP contribution in [-0.2, 0) is 14.0 Å². The average molecular weight is 347 g/mol. The van der Waals surface area contributed by atoms with Gasteiger partial charge in [0.05, 0.1) is 11.2 Å². The molecule has 1 heterocycles. The van der Waals surface area contributed by atoms with Gasteiger partial charge in [0.2, 0.25) is 5.88 Å². The quantitative estimate of drug-likeness (QED) is 0.419. The number of nitrogens with zero attached hydrogens (tertiary/aromatic N) is 1. The van der Waals surface area contributed by atoms with E-state index in [2.05, 4.69) is 11.6 Å². The van der Waals surface area contributed by atoms with E-state index in [4.69, 9.17) is 14.0 Å². The maximum absolute atomic E-state index is 12.8. The van der Waals surface area contributed by atoms with E-state index in [1.165, 1.54) is 6.21 Å². The molecule has 1 aliphatic heterocycles. The summed E-state index contributed by atoms with van der Waals surface area (Å²) in [6.07, 6.45) is -1.47. The van der Waals surface area contributed by atoms with Gasteiger partial charge in [0, 0.05) is 6.21 Å². The number of allylic oxidation sites excluding steroid dienone is 2. The van der Waals surface area contributed by atoms with Crippen LogP contribution >= 0.6 is 0 Å². The molecule has 136 valence electrons. The number of hydrogen-bond donors (Lipinski definition) is 0. The van der Waals surface area contributed by atoms with E-state index in [1.54, 1.807) is 13.0 Å². The molecule has 1 rings (SSSR count). The van der Waals surface area contributed by atoms with E-state index in [0.717, 1.165) is 13.8 Å². The molecule has 0 bridgehead atoms. The number of aliphatic imine (C=N–C) groups is 1. The van der Waals surface area contributed by atoms with Crippen LogP contribution in [-0.4, -0.2) is 36.3 Å². The molecule has 0 N–H and O–H groups in total. The second-order valence-corrected chi connectivity index (χ2v) is 7.14. The smallest absolute Gasteiger partial charge is 0.462 e. The van der Waals surface area contributed by atoms with Crippen molar-refractivity contribution >= 4 is 13.3 Å². The predicted molar refractivity (Wildman–Crippen MR) is 88.7 cm³/mol. The molecule has 0 spiro atoms. The van der Waals surface area contributed by atoms with Gasteiger partial charge in [0.15, 0.2) is 5.60 Å². The summed E-state index contributed by atoms with van der Waals surface area (Å²) in [4.78, 5) is 3.86. The molecular formula is C16H25BF3NO3. The lowest BCUT2D eigenvalue weighted by Gasteiger charge is -2.32. The third-order valence-electron chi connectivity index (χ3n) is 4.27. The summed E-state index contributed by atoms with van der Waals surface area (Å²) in [5.74, 6) is -0.340. The fraction of sp³-hybridized carbons (Fsp3) is 0.688. The Morgan fingerprint density at radius 3 is 1.96 bits per heavy atom. The minimum atomic E-state index is -4.53. The second-order valence-electron chi connectivity index (χ2n) is 7.14. The van der Waals surface area contributed by atoms with Gasteiger partial charge in [-0.25, -0.2) is 4.99 Å². The van der Waals surface area contributed by atoms with Gasteiger partial charge in [-0.2, -0.15) is 13.2 Å². The van der Waals surface area contributed by atoms with E-state index in [-0.39, 0.29) is 5.88 Å². The summed E-state index contributed by atoms with van der Waals surface area (Å²) >= 11 is 0. The molecule has 1 saturated heterocycles. The summed E-state index contributed by atoms with van der Waals surface area (Å²) in [7, 11) is -0.660. The maximum atomic E-state index is 12.8. The molecule has 8 heteroatoms. The molecule has 0 saturated carbocycles. The Morgan fingerprint density at radius 2 is 1.58 bits per heavy atom. The van der Waals surface area contributed by atoms with Crippen molar-refractivity contribution in [3.05, 3.63) is 24.0 Å². The first-order chi connectivity index (χ1) is 10.6. The molecule has 0 aliphatic carbocycles. The molecular weight excluding hydrogens is 322 g/mol. The summed E-state index contributed by atoms with van der Waals surface area (Å²) < 4.78 is 55.0. The van der Waals surface area contributed by atoms with Gasteiger partial charge in [-0.3, -0.25) is 0 Å². The first-order valence-electron chi connectivity index (χ1n) is 7.63. The van der Waals surface area contributed by atoms with Gasteiger partial charge in [-0.15, -0.1) is 0 Å². The zero-order chi connectivity index (χ0) is 19.0. The van der Waals surface area contributed by atoms with Crippen LogP contribution in [0.4, 0.5) is 13.2 Å². The predicted octanol–water partition coefficient (Wildman–Crippen LogP) is 4.46. The number of ether oxygens (including phenoxy) is 1. The molecule has 0 radical (unpaired) electrons. The maximum Gasteiger partial charge on any atom is 0.496 e. The normalized spacial score (nSPS) is 21.4. The van der Waals surface area contributed by atoms with Crippen molar-refractivity contribution in [2.24, 2.45) is 4.99 Å². The van der Waals surface area contributed by atoms with Crippen molar-refractivity contribution in [3.8, 4) is 0 Å². The van der Waals surface area contributed by atoms with Crippen LogP contribution < -0.4 is 0 Å². The van der Waals surface area contributed by atoms with Crippen molar-refractivity contribution in [2.75, 3.05) is 0 Å². The van der Waals surface area contributed by atoms with Crippen LogP contribution in [0.3, 0.4) is 0 Å². The molecule has 0 aromatic heterocycles. The molecule has 0 amide bonds. The SMILES string of the molecule is C=C(/N=C\C(=C/C)B1OC(C)(C)C(C)(C)O1)OC(C)(C)C(F)(F)F. The van der Waals surface area contributed by atoms with Crippen LogP contribution in [0.15, 0.2) is 29.0 Å². The minimum Gasteiger partial charge on any atom is -0.462 e. The van der Waals surface area contributed by atoms with Crippen molar-refractivity contribution in [2.45, 2.75) is 71.4 Å². The van der Waals surface area contributed by atoms with E-state index < -0.39 is 30.1 Å². The van der Waals surface area contributed by atoms with Gasteiger partial charge in [0.1, 0.15) is 0 Å². The van der Waals surface area contributed by atoms with Crippen LogP contribution in [0, 0.1) is 0 Å². The first-order valence-corrected chi connectivity index (χ1v) is 7.63. The molecule has 0 unspecified atom stereocenters. The van der Waals surface area contributed by atoms with Crippen LogP contribution in [0.1, 0.15) is 48.5 Å². The highest BCUT2D eigenvalue weighted by molar-refractivity contribution is 6.60. The summed E-state index contributed by atoms with van der Waals surface area (Å²) in [6.45, 7) is 14.6. The highest BCUT2D eigenvalue weighted by Crippen LogP contribution is 2.38. The molecule has 24 heavy (non-hydrogen) atoms. The van der Waals surface area contributed by atoms with Crippen LogP contribution in [0.5, 0.6) is 0 Å². The third-order valence-corrected chi connectivity index (χ3v) is 4.27. The summed E-state index contributed by atoms with van der Waals surface area (Å²) in [6, 6.07) is 0. The Bertz CT molecular complexity index is 535. The molecule has 0 atom stereocenters. The lowest BCUT2D eigenvalue weighted by molar-refractivity contribution is -0.251. The molecule has 0 aromatic rings. The molecule has 0 aromatic carbocycles. The Kier molecular flexibility index (Phi) is 5.67. The number of alkyl halides is 3. The highest BCUT2D eigenvalue weighted by Gasteiger charge is 2.52. The van der Waals surface area contributed by atoms with Crippen molar-refractivity contribution in [1.29, 1.82) is 0 Å². The van der Waals surface area contributed by atoms with Crippen molar-refractivity contribution in [1.82, 2.24) is 0 Å². The fourth-order valence-electron chi connectivity index (χ4n) is 1.78. The van der Waals surface area contributed by atoms with Gasteiger partial charge >= 0.3 is 13.3 Å². The van der Waals surface area contributed by atoms with Crippen molar-refractivity contribution in [3.63, 3.8) is 0 Å². The monoisotopic (exact) mass is 347 g/mol. The topological polar surface area (TPSA) is 40.0 Å². The molecule has 1 fully saturated rings. The summed E-state index contributed by atoms with van der Waals surface area (Å²) in [5.41, 5.74) is -2.85. The zero-order valence-electron chi connectivity index (χ0n) is 15.2.